The summed E-state index contributed by atoms with van der Waals surface area (Å²) in [6, 6.07) is 5.16. The molecule has 6 nitrogen and oxygen atoms in total. The molecule has 2 aromatic rings. The van der Waals surface area contributed by atoms with Crippen LogP contribution < -0.4 is 0 Å². The van der Waals surface area contributed by atoms with Crippen molar-refractivity contribution in [2.45, 2.75) is 6.92 Å². The van der Waals surface area contributed by atoms with Gasteiger partial charge >= 0.3 is 0 Å². The summed E-state index contributed by atoms with van der Waals surface area (Å²) in [6.45, 7) is 3.14. The highest BCUT2D eigenvalue weighted by Gasteiger charge is 2.28. The van der Waals surface area contributed by atoms with E-state index in [0.717, 1.165) is 5.52 Å². The topological polar surface area (TPSA) is 73.5 Å². The fourth-order valence-corrected chi connectivity index (χ4v) is 2.94. The van der Waals surface area contributed by atoms with Gasteiger partial charge in [0.1, 0.15) is 0 Å². The minimum Gasteiger partial charge on any atom is -0.360 e. The number of H-pyrrole nitrogens is 1. The summed E-state index contributed by atoms with van der Waals surface area (Å²) in [6.07, 6.45) is 1.53. The maximum Gasteiger partial charge on any atom is 0.295 e. The number of amides is 2. The minimum absolute atomic E-state index is 0.0188. The highest BCUT2D eigenvalue weighted by atomic mass is 35.5. The summed E-state index contributed by atoms with van der Waals surface area (Å²) in [5.41, 5.74) is 1.08. The number of aromatic nitrogens is 1. The summed E-state index contributed by atoms with van der Waals surface area (Å²) in [7, 11) is 0. The molecule has 2 amide bonds. The smallest absolute Gasteiger partial charge is 0.295 e. The Morgan fingerprint density at radius 1 is 1.09 bits per heavy atom. The Bertz CT molecular complexity index is 791. The zero-order chi connectivity index (χ0) is 16.6. The second-order valence-electron chi connectivity index (χ2n) is 5.52. The molecule has 0 radical (unpaired) electrons. The Labute approximate surface area is 138 Å². The lowest BCUT2D eigenvalue weighted by Gasteiger charge is -2.33. The van der Waals surface area contributed by atoms with Crippen LogP contribution in [0.2, 0.25) is 5.02 Å². The molecule has 1 aliphatic heterocycles. The standard InChI is InChI=1S/C16H16ClN3O3/c1-10(21)19-4-6-20(7-5-19)16(23)15(22)13-9-18-14-3-2-11(17)8-12(13)14/h2-3,8-9,18H,4-7H2,1H3. The molecule has 1 aromatic carbocycles. The molecule has 1 N–H and O–H groups in total. The van der Waals surface area contributed by atoms with E-state index in [2.05, 4.69) is 4.98 Å². The number of Topliss-reactive ketones (excluding diaryl/α,β-unsaturated/α-hetero) is 1. The van der Waals surface area contributed by atoms with Gasteiger partial charge in [-0.2, -0.15) is 0 Å². The van der Waals surface area contributed by atoms with Crippen LogP contribution in [0.25, 0.3) is 10.9 Å². The minimum atomic E-state index is -0.560. The highest BCUT2D eigenvalue weighted by Crippen LogP contribution is 2.23. The summed E-state index contributed by atoms with van der Waals surface area (Å²) >= 11 is 5.97. The molecular formula is C16H16ClN3O3. The number of rotatable bonds is 2. The number of fused-ring (bicyclic) bond motifs is 1. The van der Waals surface area contributed by atoms with Crippen LogP contribution >= 0.6 is 11.6 Å². The number of hydrogen-bond acceptors (Lipinski definition) is 3. The van der Waals surface area contributed by atoms with Crippen molar-refractivity contribution < 1.29 is 14.4 Å². The first-order chi connectivity index (χ1) is 11.0. The molecule has 1 fully saturated rings. The first-order valence-electron chi connectivity index (χ1n) is 7.33. The van der Waals surface area contributed by atoms with Gasteiger partial charge in [0.05, 0.1) is 5.56 Å². The largest absolute Gasteiger partial charge is 0.360 e. The molecule has 3 rings (SSSR count). The third-order valence-corrected chi connectivity index (χ3v) is 4.33. The molecule has 2 heterocycles. The van der Waals surface area contributed by atoms with E-state index in [9.17, 15) is 14.4 Å². The van der Waals surface area contributed by atoms with E-state index < -0.39 is 11.7 Å². The van der Waals surface area contributed by atoms with Crippen molar-refractivity contribution in [2.24, 2.45) is 0 Å². The van der Waals surface area contributed by atoms with E-state index in [0.29, 0.717) is 42.2 Å². The van der Waals surface area contributed by atoms with Gasteiger partial charge in [0.15, 0.2) is 0 Å². The van der Waals surface area contributed by atoms with Gasteiger partial charge in [-0.15, -0.1) is 0 Å². The van der Waals surface area contributed by atoms with Crippen molar-refractivity contribution in [3.8, 4) is 0 Å². The molecule has 0 aliphatic carbocycles. The molecule has 0 atom stereocenters. The monoisotopic (exact) mass is 333 g/mol. The molecule has 0 bridgehead atoms. The van der Waals surface area contributed by atoms with E-state index in [4.69, 9.17) is 11.6 Å². The molecule has 0 spiro atoms. The molecule has 0 saturated carbocycles. The average molecular weight is 334 g/mol. The molecule has 120 valence electrons. The maximum atomic E-state index is 12.5. The molecular weight excluding hydrogens is 318 g/mol. The Kier molecular flexibility index (Phi) is 4.09. The number of piperazine rings is 1. The van der Waals surface area contributed by atoms with Crippen LogP contribution in [0.3, 0.4) is 0 Å². The van der Waals surface area contributed by atoms with E-state index in [1.54, 1.807) is 23.1 Å². The second-order valence-corrected chi connectivity index (χ2v) is 5.96. The zero-order valence-corrected chi connectivity index (χ0v) is 13.4. The number of hydrogen-bond donors (Lipinski definition) is 1. The number of nitrogens with zero attached hydrogens (tertiary/aromatic N) is 2. The molecule has 7 heteroatoms. The van der Waals surface area contributed by atoms with Gasteiger partial charge in [-0.1, -0.05) is 11.6 Å². The van der Waals surface area contributed by atoms with Gasteiger partial charge in [0.25, 0.3) is 11.7 Å². The van der Waals surface area contributed by atoms with Crippen LogP contribution in [0.5, 0.6) is 0 Å². The number of benzene rings is 1. The number of halogens is 1. The number of ketones is 1. The van der Waals surface area contributed by atoms with E-state index in [1.165, 1.54) is 18.0 Å². The summed E-state index contributed by atoms with van der Waals surface area (Å²) < 4.78 is 0. The third-order valence-electron chi connectivity index (χ3n) is 4.09. The van der Waals surface area contributed by atoms with Crippen LogP contribution in [-0.4, -0.2) is 58.6 Å². The quantitative estimate of drug-likeness (QED) is 0.671. The SMILES string of the molecule is CC(=O)N1CCN(C(=O)C(=O)c2c[nH]c3ccc(Cl)cc23)CC1. The first-order valence-corrected chi connectivity index (χ1v) is 7.71. The van der Waals surface area contributed by atoms with Gasteiger partial charge in [-0.05, 0) is 18.2 Å². The van der Waals surface area contributed by atoms with Crippen LogP contribution in [0.15, 0.2) is 24.4 Å². The number of aromatic amines is 1. The van der Waals surface area contributed by atoms with Crippen molar-refractivity contribution in [1.29, 1.82) is 0 Å². The zero-order valence-electron chi connectivity index (χ0n) is 12.6. The van der Waals surface area contributed by atoms with Crippen molar-refractivity contribution in [3.05, 3.63) is 35.0 Å². The summed E-state index contributed by atoms with van der Waals surface area (Å²) in [4.78, 5) is 42.4. The lowest BCUT2D eigenvalue weighted by atomic mass is 10.1. The first kappa shape index (κ1) is 15.6. The van der Waals surface area contributed by atoms with Gasteiger partial charge in [-0.3, -0.25) is 14.4 Å². The molecule has 1 aliphatic rings. The predicted molar refractivity (Wildman–Crippen MR) is 86.5 cm³/mol. The van der Waals surface area contributed by atoms with E-state index in [1.807, 2.05) is 0 Å². The third kappa shape index (κ3) is 2.94. The fraction of sp³-hybridized carbons (Fsp3) is 0.312. The van der Waals surface area contributed by atoms with E-state index >= 15 is 0 Å². The van der Waals surface area contributed by atoms with Crippen LogP contribution in [0.1, 0.15) is 17.3 Å². The molecule has 1 saturated heterocycles. The van der Waals surface area contributed by atoms with Gasteiger partial charge in [0, 0.05) is 55.2 Å². The van der Waals surface area contributed by atoms with Gasteiger partial charge in [-0.25, -0.2) is 0 Å². The van der Waals surface area contributed by atoms with Crippen molar-refractivity contribution in [1.82, 2.24) is 14.8 Å². The van der Waals surface area contributed by atoms with Crippen molar-refractivity contribution in [3.63, 3.8) is 0 Å². The highest BCUT2D eigenvalue weighted by molar-refractivity contribution is 6.45. The average Bonchev–Trinajstić information content (AvgIpc) is 2.96. The Balaban J connectivity index is 1.78. The Morgan fingerprint density at radius 3 is 2.39 bits per heavy atom. The normalized spacial score (nSPS) is 15.0. The molecule has 1 aromatic heterocycles. The number of carbonyl (C=O) groups excluding carboxylic acids is 3. The maximum absolute atomic E-state index is 12.5. The lowest BCUT2D eigenvalue weighted by Crippen LogP contribution is -2.51. The van der Waals surface area contributed by atoms with Crippen LogP contribution in [0.4, 0.5) is 0 Å². The van der Waals surface area contributed by atoms with Crippen LogP contribution in [0, 0.1) is 0 Å². The van der Waals surface area contributed by atoms with Gasteiger partial charge < -0.3 is 14.8 Å². The molecule has 0 unspecified atom stereocenters. The van der Waals surface area contributed by atoms with Crippen molar-refractivity contribution >= 4 is 40.1 Å². The van der Waals surface area contributed by atoms with Crippen LogP contribution in [-0.2, 0) is 9.59 Å². The predicted octanol–water partition coefficient (Wildman–Crippen LogP) is 1.69. The lowest BCUT2D eigenvalue weighted by molar-refractivity contribution is -0.135. The Hall–Kier alpha value is -2.34. The van der Waals surface area contributed by atoms with Crippen molar-refractivity contribution in [2.75, 3.05) is 26.2 Å². The second kappa shape index (κ2) is 6.04. The fourth-order valence-electron chi connectivity index (χ4n) is 2.76. The molecule has 23 heavy (non-hydrogen) atoms. The number of carbonyl (C=O) groups is 3. The van der Waals surface area contributed by atoms with E-state index in [-0.39, 0.29) is 5.91 Å². The summed E-state index contributed by atoms with van der Waals surface area (Å²) in [5, 5.41) is 1.15. The Morgan fingerprint density at radius 2 is 1.74 bits per heavy atom. The van der Waals surface area contributed by atoms with Gasteiger partial charge in [0.2, 0.25) is 5.91 Å². The number of nitrogens with one attached hydrogen (secondary N) is 1. The summed E-state index contributed by atoms with van der Waals surface area (Å²) in [5.74, 6) is -1.13.